The first kappa shape index (κ1) is 16.8. The summed E-state index contributed by atoms with van der Waals surface area (Å²) < 4.78 is 21.1. The van der Waals surface area contributed by atoms with Gasteiger partial charge in [0.1, 0.15) is 6.61 Å². The predicted molar refractivity (Wildman–Crippen MR) is 75.8 cm³/mol. The Balaban J connectivity index is 2.10. The van der Waals surface area contributed by atoms with Gasteiger partial charge in [-0.1, -0.05) is 6.07 Å². The number of nitrogens with two attached hydrogens (primary N) is 1. The minimum Gasteiger partial charge on any atom is -0.475 e. The lowest BCUT2D eigenvalue weighted by molar-refractivity contribution is 0.0175. The fourth-order valence-electron chi connectivity index (χ4n) is 1.53. The van der Waals surface area contributed by atoms with Crippen molar-refractivity contribution in [2.24, 2.45) is 5.73 Å². The molecule has 0 fully saturated rings. The molecule has 0 unspecified atom stereocenters. The van der Waals surface area contributed by atoms with Gasteiger partial charge < -0.3 is 24.7 Å². The Labute approximate surface area is 120 Å². The molecular formula is C14H24N2O4. The molecule has 0 aliphatic carbocycles. The lowest BCUT2D eigenvalue weighted by Crippen LogP contribution is -2.14. The second kappa shape index (κ2) is 10.6. The second-order valence-electron chi connectivity index (χ2n) is 4.25. The van der Waals surface area contributed by atoms with Gasteiger partial charge in [0, 0.05) is 24.9 Å². The van der Waals surface area contributed by atoms with Crippen molar-refractivity contribution in [1.29, 1.82) is 0 Å². The van der Waals surface area contributed by atoms with Crippen molar-refractivity contribution in [2.75, 3.05) is 46.8 Å². The number of nitrogens with zero attached hydrogens (tertiary/aromatic N) is 1. The highest BCUT2D eigenvalue weighted by molar-refractivity contribution is 5.27. The van der Waals surface area contributed by atoms with E-state index in [1.807, 2.05) is 19.1 Å². The van der Waals surface area contributed by atoms with Crippen LogP contribution in [-0.4, -0.2) is 51.7 Å². The van der Waals surface area contributed by atoms with Gasteiger partial charge in [-0.15, -0.1) is 0 Å². The van der Waals surface area contributed by atoms with Crippen LogP contribution in [0.4, 0.5) is 0 Å². The third kappa shape index (κ3) is 6.81. The maximum absolute atomic E-state index is 5.85. The minimum atomic E-state index is -0.103. The van der Waals surface area contributed by atoms with Crippen LogP contribution in [-0.2, 0) is 14.2 Å². The summed E-state index contributed by atoms with van der Waals surface area (Å²) in [6, 6.07) is 3.66. The molecule has 1 aromatic heterocycles. The number of ether oxygens (including phenoxy) is 4. The Morgan fingerprint density at radius 1 is 1.10 bits per heavy atom. The molecule has 0 aromatic carbocycles. The summed E-state index contributed by atoms with van der Waals surface area (Å²) in [5.41, 5.74) is 6.74. The van der Waals surface area contributed by atoms with E-state index in [1.54, 1.807) is 13.3 Å². The molecule has 0 saturated carbocycles. The molecule has 0 spiro atoms. The number of rotatable bonds is 11. The van der Waals surface area contributed by atoms with Crippen LogP contribution >= 0.6 is 0 Å². The molecule has 1 heterocycles. The van der Waals surface area contributed by atoms with Gasteiger partial charge in [0.15, 0.2) is 0 Å². The summed E-state index contributed by atoms with van der Waals surface area (Å²) in [6.07, 6.45) is 1.69. The third-order valence-corrected chi connectivity index (χ3v) is 2.56. The van der Waals surface area contributed by atoms with Crippen LogP contribution in [0.25, 0.3) is 0 Å². The lowest BCUT2D eigenvalue weighted by Gasteiger charge is -2.12. The number of pyridine rings is 1. The van der Waals surface area contributed by atoms with Crippen molar-refractivity contribution >= 4 is 0 Å². The largest absolute Gasteiger partial charge is 0.475 e. The van der Waals surface area contributed by atoms with Gasteiger partial charge >= 0.3 is 0 Å². The SMILES string of the molecule is COCCOCCOCCOc1ncccc1[C@@H](C)N. The molecule has 114 valence electrons. The number of hydrogen-bond donors (Lipinski definition) is 1. The highest BCUT2D eigenvalue weighted by Gasteiger charge is 2.08. The number of hydrogen-bond acceptors (Lipinski definition) is 6. The smallest absolute Gasteiger partial charge is 0.218 e. The summed E-state index contributed by atoms with van der Waals surface area (Å²) in [5, 5.41) is 0. The Morgan fingerprint density at radius 2 is 1.75 bits per heavy atom. The van der Waals surface area contributed by atoms with Gasteiger partial charge in [-0.2, -0.15) is 0 Å². The first-order chi connectivity index (χ1) is 9.75. The molecule has 0 amide bonds. The van der Waals surface area contributed by atoms with E-state index in [9.17, 15) is 0 Å². The molecule has 6 heteroatoms. The van der Waals surface area contributed by atoms with Crippen LogP contribution < -0.4 is 10.5 Å². The zero-order valence-electron chi connectivity index (χ0n) is 12.2. The molecule has 2 N–H and O–H groups in total. The average Bonchev–Trinajstić information content (AvgIpc) is 2.46. The molecule has 6 nitrogen and oxygen atoms in total. The summed E-state index contributed by atoms with van der Waals surface area (Å²) in [6.45, 7) is 5.10. The molecule has 0 aliphatic rings. The van der Waals surface area contributed by atoms with E-state index in [4.69, 9.17) is 24.7 Å². The van der Waals surface area contributed by atoms with Crippen molar-refractivity contribution < 1.29 is 18.9 Å². The normalized spacial score (nSPS) is 12.3. The van der Waals surface area contributed by atoms with Crippen molar-refractivity contribution in [3.8, 4) is 5.88 Å². The van der Waals surface area contributed by atoms with Gasteiger partial charge in [-0.05, 0) is 13.0 Å². The van der Waals surface area contributed by atoms with Crippen LogP contribution in [0.1, 0.15) is 18.5 Å². The zero-order valence-corrected chi connectivity index (χ0v) is 12.2. The second-order valence-corrected chi connectivity index (χ2v) is 4.25. The van der Waals surface area contributed by atoms with E-state index < -0.39 is 0 Å². The first-order valence-corrected chi connectivity index (χ1v) is 6.73. The summed E-state index contributed by atoms with van der Waals surface area (Å²) >= 11 is 0. The third-order valence-electron chi connectivity index (χ3n) is 2.56. The quantitative estimate of drug-likeness (QED) is 0.615. The van der Waals surface area contributed by atoms with Crippen LogP contribution in [0.2, 0.25) is 0 Å². The molecule has 0 aliphatic heterocycles. The van der Waals surface area contributed by atoms with Gasteiger partial charge in [-0.25, -0.2) is 4.98 Å². The Hall–Kier alpha value is -1.21. The first-order valence-electron chi connectivity index (χ1n) is 6.73. The van der Waals surface area contributed by atoms with Crippen LogP contribution in [0.3, 0.4) is 0 Å². The fourth-order valence-corrected chi connectivity index (χ4v) is 1.53. The number of methoxy groups -OCH3 is 1. The summed E-state index contributed by atoms with van der Waals surface area (Å²) in [4.78, 5) is 4.17. The van der Waals surface area contributed by atoms with E-state index >= 15 is 0 Å². The average molecular weight is 284 g/mol. The number of aromatic nitrogens is 1. The van der Waals surface area contributed by atoms with Crippen molar-refractivity contribution in [3.05, 3.63) is 23.9 Å². The molecule has 1 rings (SSSR count). The van der Waals surface area contributed by atoms with Gasteiger partial charge in [0.25, 0.3) is 0 Å². The lowest BCUT2D eigenvalue weighted by atomic mass is 10.1. The van der Waals surface area contributed by atoms with E-state index in [0.29, 0.717) is 45.5 Å². The molecule has 0 bridgehead atoms. The molecule has 1 atom stereocenters. The zero-order chi connectivity index (χ0) is 14.6. The summed E-state index contributed by atoms with van der Waals surface area (Å²) in [5.74, 6) is 0.572. The maximum atomic E-state index is 5.85. The van der Waals surface area contributed by atoms with Gasteiger partial charge in [0.05, 0.1) is 33.0 Å². The van der Waals surface area contributed by atoms with E-state index in [0.717, 1.165) is 5.56 Å². The Bertz CT molecular complexity index is 361. The fraction of sp³-hybridized carbons (Fsp3) is 0.643. The topological polar surface area (TPSA) is 75.8 Å². The van der Waals surface area contributed by atoms with E-state index in [2.05, 4.69) is 4.98 Å². The van der Waals surface area contributed by atoms with Crippen molar-refractivity contribution in [3.63, 3.8) is 0 Å². The summed E-state index contributed by atoms with van der Waals surface area (Å²) in [7, 11) is 1.64. The highest BCUT2D eigenvalue weighted by Crippen LogP contribution is 2.19. The molecule has 20 heavy (non-hydrogen) atoms. The van der Waals surface area contributed by atoms with Crippen molar-refractivity contribution in [2.45, 2.75) is 13.0 Å². The monoisotopic (exact) mass is 284 g/mol. The van der Waals surface area contributed by atoms with E-state index in [-0.39, 0.29) is 6.04 Å². The van der Waals surface area contributed by atoms with Crippen LogP contribution in [0.15, 0.2) is 18.3 Å². The van der Waals surface area contributed by atoms with Gasteiger partial charge in [-0.3, -0.25) is 0 Å². The van der Waals surface area contributed by atoms with E-state index in [1.165, 1.54) is 0 Å². The molecule has 0 radical (unpaired) electrons. The Morgan fingerprint density at radius 3 is 2.40 bits per heavy atom. The highest BCUT2D eigenvalue weighted by atomic mass is 16.6. The Kier molecular flexibility index (Phi) is 8.90. The predicted octanol–water partition coefficient (Wildman–Crippen LogP) is 1.16. The molecule has 1 aromatic rings. The van der Waals surface area contributed by atoms with Crippen LogP contribution in [0, 0.1) is 0 Å². The minimum absolute atomic E-state index is 0.103. The standard InChI is InChI=1S/C14H24N2O4/c1-12(15)13-4-3-5-16-14(13)20-11-10-19-9-8-18-7-6-17-2/h3-5,12H,6-11,15H2,1-2H3/t12-/m1/s1. The van der Waals surface area contributed by atoms with Crippen LogP contribution in [0.5, 0.6) is 5.88 Å². The van der Waals surface area contributed by atoms with Gasteiger partial charge in [0.2, 0.25) is 5.88 Å². The van der Waals surface area contributed by atoms with Crippen molar-refractivity contribution in [1.82, 2.24) is 4.98 Å². The molecule has 0 saturated heterocycles. The molecular weight excluding hydrogens is 260 g/mol. The maximum Gasteiger partial charge on any atom is 0.218 e.